The number of halogens is 1. The summed E-state index contributed by atoms with van der Waals surface area (Å²) in [6.45, 7) is 1.26. The summed E-state index contributed by atoms with van der Waals surface area (Å²) < 4.78 is 5.21. The van der Waals surface area contributed by atoms with Gasteiger partial charge in [0.1, 0.15) is 11.9 Å². The van der Waals surface area contributed by atoms with Crippen LogP contribution in [-0.4, -0.2) is 56.3 Å². The molecule has 2 atom stereocenters. The summed E-state index contributed by atoms with van der Waals surface area (Å²) in [4.78, 5) is 17.8. The van der Waals surface area contributed by atoms with Crippen molar-refractivity contribution in [2.45, 2.75) is 16.2 Å². The summed E-state index contributed by atoms with van der Waals surface area (Å²) in [5, 5.41) is 10.5. The highest BCUT2D eigenvalue weighted by atomic mass is 35.5. The summed E-state index contributed by atoms with van der Waals surface area (Å²) in [6, 6.07) is 15.4. The second-order valence-electron chi connectivity index (χ2n) is 6.52. The first-order valence-electron chi connectivity index (χ1n) is 8.55. The standard InChI is InChI=1S/C20H24N2O3S.ClH/c1-21(2)12-13-22-16-6-4-5-7-17(16)26-19(18(23)20(22)24)14-8-10-15(25-3)11-9-14;/h4-11,18-19,23H,12-13H2,1-3H3;1H/t18-,19-;/m1./s1. The molecule has 0 bridgehead atoms. The van der Waals surface area contributed by atoms with Crippen molar-refractivity contribution in [2.24, 2.45) is 0 Å². The van der Waals surface area contributed by atoms with Gasteiger partial charge in [0.2, 0.25) is 0 Å². The molecule has 1 aliphatic heterocycles. The Labute approximate surface area is 170 Å². The van der Waals surface area contributed by atoms with Crippen molar-refractivity contribution in [2.75, 3.05) is 39.2 Å². The van der Waals surface area contributed by atoms with Gasteiger partial charge in [0.15, 0.2) is 0 Å². The zero-order valence-electron chi connectivity index (χ0n) is 15.7. The smallest absolute Gasteiger partial charge is 0.257 e. The van der Waals surface area contributed by atoms with Crippen LogP contribution >= 0.6 is 24.2 Å². The zero-order chi connectivity index (χ0) is 18.7. The predicted octanol–water partition coefficient (Wildman–Crippen LogP) is 3.22. The van der Waals surface area contributed by atoms with E-state index in [9.17, 15) is 9.90 Å². The van der Waals surface area contributed by atoms with E-state index < -0.39 is 6.10 Å². The number of amides is 1. The molecule has 27 heavy (non-hydrogen) atoms. The second kappa shape index (κ2) is 9.46. The van der Waals surface area contributed by atoms with Crippen molar-refractivity contribution in [3.63, 3.8) is 0 Å². The zero-order valence-corrected chi connectivity index (χ0v) is 17.3. The number of anilines is 1. The number of hydrogen-bond donors (Lipinski definition) is 1. The Kier molecular flexibility index (Phi) is 7.56. The first-order valence-corrected chi connectivity index (χ1v) is 9.43. The third-order valence-corrected chi connectivity index (χ3v) is 5.81. The van der Waals surface area contributed by atoms with Gasteiger partial charge in [-0.05, 0) is 43.9 Å². The van der Waals surface area contributed by atoms with E-state index in [1.165, 1.54) is 11.8 Å². The molecule has 5 nitrogen and oxygen atoms in total. The third-order valence-electron chi connectivity index (χ3n) is 4.43. The van der Waals surface area contributed by atoms with E-state index in [0.29, 0.717) is 6.54 Å². The van der Waals surface area contributed by atoms with Crippen LogP contribution in [0.1, 0.15) is 10.8 Å². The SMILES string of the molecule is COc1ccc([C@H]2Sc3ccccc3N(CCN(C)C)C(=O)[C@@H]2O)cc1.Cl. The predicted molar refractivity (Wildman–Crippen MR) is 112 cm³/mol. The van der Waals surface area contributed by atoms with E-state index in [0.717, 1.165) is 28.4 Å². The van der Waals surface area contributed by atoms with Gasteiger partial charge in [-0.3, -0.25) is 4.79 Å². The van der Waals surface area contributed by atoms with Gasteiger partial charge in [0.05, 0.1) is 18.0 Å². The lowest BCUT2D eigenvalue weighted by molar-refractivity contribution is -0.126. The van der Waals surface area contributed by atoms with Crippen molar-refractivity contribution >= 4 is 35.8 Å². The number of aliphatic hydroxyl groups excluding tert-OH is 1. The fourth-order valence-corrected chi connectivity index (χ4v) is 4.23. The minimum Gasteiger partial charge on any atom is -0.497 e. The van der Waals surface area contributed by atoms with Crippen molar-refractivity contribution in [3.05, 3.63) is 54.1 Å². The summed E-state index contributed by atoms with van der Waals surface area (Å²) in [5.74, 6) is 0.492. The van der Waals surface area contributed by atoms with Gasteiger partial charge >= 0.3 is 0 Å². The van der Waals surface area contributed by atoms with Crippen LogP contribution in [0, 0.1) is 0 Å². The maximum Gasteiger partial charge on any atom is 0.257 e. The maximum absolute atomic E-state index is 13.0. The van der Waals surface area contributed by atoms with Gasteiger partial charge in [0, 0.05) is 18.0 Å². The van der Waals surface area contributed by atoms with Crippen molar-refractivity contribution in [1.29, 1.82) is 0 Å². The van der Waals surface area contributed by atoms with E-state index in [1.807, 2.05) is 67.5 Å². The Hall–Kier alpha value is -1.73. The number of thioether (sulfide) groups is 1. The molecule has 0 radical (unpaired) electrons. The molecule has 146 valence electrons. The topological polar surface area (TPSA) is 53.0 Å². The number of methoxy groups -OCH3 is 1. The number of carbonyl (C=O) groups is 1. The molecule has 1 N–H and O–H groups in total. The summed E-state index contributed by atoms with van der Waals surface area (Å²) in [6.07, 6.45) is -1.11. The van der Waals surface area contributed by atoms with Crippen LogP contribution in [0.25, 0.3) is 0 Å². The number of nitrogens with zero attached hydrogens (tertiary/aromatic N) is 2. The van der Waals surface area contributed by atoms with Crippen LogP contribution in [-0.2, 0) is 4.79 Å². The van der Waals surface area contributed by atoms with Crippen molar-refractivity contribution in [1.82, 2.24) is 4.90 Å². The number of carbonyl (C=O) groups excluding carboxylic acids is 1. The summed E-state index contributed by atoms with van der Waals surface area (Å²) in [7, 11) is 5.56. The van der Waals surface area contributed by atoms with E-state index in [4.69, 9.17) is 4.74 Å². The van der Waals surface area contributed by atoms with Crippen LogP contribution in [0.4, 0.5) is 5.69 Å². The summed E-state index contributed by atoms with van der Waals surface area (Å²) in [5.41, 5.74) is 1.76. The highest BCUT2D eigenvalue weighted by molar-refractivity contribution is 7.99. The highest BCUT2D eigenvalue weighted by Gasteiger charge is 2.37. The average molecular weight is 409 g/mol. The number of likely N-dealkylation sites (N-methyl/N-ethyl adjacent to an activating group) is 1. The number of fused-ring (bicyclic) bond motifs is 1. The number of ether oxygens (including phenoxy) is 1. The lowest BCUT2D eigenvalue weighted by Crippen LogP contribution is -2.43. The van der Waals surface area contributed by atoms with Crippen LogP contribution in [0.15, 0.2) is 53.4 Å². The maximum atomic E-state index is 13.0. The Bertz CT molecular complexity index is 770. The Balaban J connectivity index is 0.00000261. The normalized spacial score (nSPS) is 19.3. The summed E-state index contributed by atoms with van der Waals surface area (Å²) >= 11 is 1.53. The van der Waals surface area contributed by atoms with Gasteiger partial charge in [-0.25, -0.2) is 0 Å². The Morgan fingerprint density at radius 1 is 1.15 bits per heavy atom. The van der Waals surface area contributed by atoms with Crippen LogP contribution in [0.2, 0.25) is 0 Å². The fraction of sp³-hybridized carbons (Fsp3) is 0.350. The lowest BCUT2D eigenvalue weighted by atomic mass is 10.1. The van der Waals surface area contributed by atoms with Gasteiger partial charge in [0.25, 0.3) is 5.91 Å². The first kappa shape index (κ1) is 21.6. The van der Waals surface area contributed by atoms with Crippen molar-refractivity contribution < 1.29 is 14.6 Å². The van der Waals surface area contributed by atoms with E-state index >= 15 is 0 Å². The Morgan fingerprint density at radius 3 is 2.44 bits per heavy atom. The number of benzene rings is 2. The molecular formula is C20H25ClN2O3S. The van der Waals surface area contributed by atoms with Gasteiger partial charge in [-0.15, -0.1) is 24.2 Å². The molecule has 1 aliphatic rings. The minimum absolute atomic E-state index is 0. The molecule has 0 unspecified atom stereocenters. The van der Waals surface area contributed by atoms with Crippen molar-refractivity contribution in [3.8, 4) is 5.75 Å². The Morgan fingerprint density at radius 2 is 1.81 bits per heavy atom. The molecule has 0 aliphatic carbocycles. The molecule has 7 heteroatoms. The van der Waals surface area contributed by atoms with Gasteiger partial charge in [-0.2, -0.15) is 0 Å². The van der Waals surface area contributed by atoms with Crippen LogP contribution in [0.3, 0.4) is 0 Å². The molecule has 0 saturated heterocycles. The van der Waals surface area contributed by atoms with E-state index in [2.05, 4.69) is 0 Å². The fourth-order valence-electron chi connectivity index (χ4n) is 2.96. The lowest BCUT2D eigenvalue weighted by Gasteiger charge is -2.26. The van der Waals surface area contributed by atoms with Gasteiger partial charge in [-0.1, -0.05) is 24.3 Å². The molecule has 2 aromatic rings. The molecule has 1 amide bonds. The molecule has 0 saturated carbocycles. The second-order valence-corrected chi connectivity index (χ2v) is 7.70. The number of para-hydroxylation sites is 1. The molecule has 2 aromatic carbocycles. The monoisotopic (exact) mass is 408 g/mol. The number of hydrogen-bond acceptors (Lipinski definition) is 5. The first-order chi connectivity index (χ1) is 12.5. The largest absolute Gasteiger partial charge is 0.497 e. The molecular weight excluding hydrogens is 384 g/mol. The molecule has 0 spiro atoms. The number of aliphatic hydroxyl groups is 1. The average Bonchev–Trinajstić information content (AvgIpc) is 2.76. The van der Waals surface area contributed by atoms with E-state index in [1.54, 1.807) is 12.0 Å². The molecule has 3 rings (SSSR count). The van der Waals surface area contributed by atoms with E-state index in [-0.39, 0.29) is 23.6 Å². The van der Waals surface area contributed by atoms with Crippen LogP contribution in [0.5, 0.6) is 5.75 Å². The molecule has 0 aromatic heterocycles. The third kappa shape index (κ3) is 4.76. The van der Waals surface area contributed by atoms with Crippen LogP contribution < -0.4 is 9.64 Å². The van der Waals surface area contributed by atoms with Gasteiger partial charge < -0.3 is 19.6 Å². The molecule has 0 fully saturated rings. The number of rotatable bonds is 5. The minimum atomic E-state index is -1.11. The highest BCUT2D eigenvalue weighted by Crippen LogP contribution is 2.45. The molecule has 1 heterocycles. The quantitative estimate of drug-likeness (QED) is 0.823.